The van der Waals surface area contributed by atoms with Gasteiger partial charge in [0.2, 0.25) is 0 Å². The Bertz CT molecular complexity index is 657. The molecule has 3 aliphatic rings. The maximum Gasteiger partial charge on any atom is 0.194 e. The minimum Gasteiger partial charge on any atom is -0.487 e. The Morgan fingerprint density at radius 1 is 1.41 bits per heavy atom. The molecule has 0 aromatic heterocycles. The highest BCUT2D eigenvalue weighted by molar-refractivity contribution is 7.80. The predicted octanol–water partition coefficient (Wildman–Crippen LogP) is 1.84. The van der Waals surface area contributed by atoms with Crippen molar-refractivity contribution in [2.45, 2.75) is 54.4 Å². The average Bonchev–Trinajstić information content (AvgIpc) is 3.01. The van der Waals surface area contributed by atoms with Crippen LogP contribution in [0.25, 0.3) is 0 Å². The van der Waals surface area contributed by atoms with Gasteiger partial charge in [0.1, 0.15) is 16.9 Å². The largest absolute Gasteiger partial charge is 0.487 e. The number of rotatable bonds is 0. The van der Waals surface area contributed by atoms with E-state index in [-0.39, 0.29) is 5.60 Å². The molecule has 0 saturated heterocycles. The topological polar surface area (TPSA) is 71.1 Å². The number of likely N-dealkylation sites (N-methyl/N-ethyl adjacent to an activating group) is 1. The summed E-state index contributed by atoms with van der Waals surface area (Å²) in [5, 5.41) is 10.9. The Kier molecular flexibility index (Phi) is 2.94. The number of aliphatic hydroxyl groups is 1. The molecule has 4 rings (SSSR count). The van der Waals surface area contributed by atoms with Gasteiger partial charge in [0.15, 0.2) is 12.2 Å². The lowest BCUT2D eigenvalue weighted by Gasteiger charge is -2.46. The molecule has 22 heavy (non-hydrogen) atoms. The highest BCUT2D eigenvalue weighted by atomic mass is 32.1. The third kappa shape index (κ3) is 1.80. The van der Waals surface area contributed by atoms with Crippen LogP contribution in [-0.4, -0.2) is 34.8 Å². The van der Waals surface area contributed by atoms with Crippen LogP contribution < -0.4 is 10.5 Å². The van der Waals surface area contributed by atoms with Crippen molar-refractivity contribution in [2.24, 2.45) is 10.7 Å². The predicted molar refractivity (Wildman–Crippen MR) is 87.2 cm³/mol. The number of nitrogens with zero attached hydrogens (tertiary/aromatic N) is 2. The lowest BCUT2D eigenvalue weighted by molar-refractivity contribution is -0.0526. The molecule has 3 N–H and O–H groups in total. The van der Waals surface area contributed by atoms with Gasteiger partial charge in [0.25, 0.3) is 0 Å². The van der Waals surface area contributed by atoms with Crippen molar-refractivity contribution in [3.05, 3.63) is 23.8 Å². The van der Waals surface area contributed by atoms with E-state index < -0.39 is 11.8 Å². The number of fused-ring (bicyclic) bond motifs is 2. The van der Waals surface area contributed by atoms with Crippen molar-refractivity contribution < 1.29 is 9.84 Å². The molecule has 1 aromatic rings. The van der Waals surface area contributed by atoms with E-state index >= 15 is 0 Å². The summed E-state index contributed by atoms with van der Waals surface area (Å²) in [6.07, 6.45) is 4.20. The van der Waals surface area contributed by atoms with Crippen molar-refractivity contribution in [3.63, 3.8) is 0 Å². The molecule has 2 unspecified atom stereocenters. The minimum absolute atomic E-state index is 0.235. The zero-order chi connectivity index (χ0) is 15.5. The fraction of sp³-hybridized carbons (Fsp3) is 0.562. The van der Waals surface area contributed by atoms with Crippen molar-refractivity contribution >= 4 is 18.6 Å². The molecule has 2 spiro atoms. The summed E-state index contributed by atoms with van der Waals surface area (Å²) < 4.78 is 6.37. The lowest BCUT2D eigenvalue weighted by Crippen LogP contribution is -2.52. The zero-order valence-electron chi connectivity index (χ0n) is 12.6. The monoisotopic (exact) mass is 319 g/mol. The summed E-state index contributed by atoms with van der Waals surface area (Å²) >= 11 is 4.44. The van der Waals surface area contributed by atoms with Crippen molar-refractivity contribution in [1.29, 1.82) is 0 Å². The van der Waals surface area contributed by atoms with Crippen molar-refractivity contribution in [2.75, 3.05) is 7.05 Å². The Morgan fingerprint density at radius 2 is 2.14 bits per heavy atom. The number of aliphatic imine (C=N–C) groups is 1. The SMILES string of the molecule is CN1C(N)=NC2(CC3(CCCC3)Oc3ccc(S)cc32)C1O. The van der Waals surface area contributed by atoms with Crippen LogP contribution in [0.1, 0.15) is 37.7 Å². The molecule has 2 aliphatic heterocycles. The number of guanidine groups is 1. The Labute approximate surface area is 135 Å². The van der Waals surface area contributed by atoms with Gasteiger partial charge in [-0.05, 0) is 43.9 Å². The molecule has 6 heteroatoms. The van der Waals surface area contributed by atoms with E-state index in [0.717, 1.165) is 41.9 Å². The van der Waals surface area contributed by atoms with Crippen molar-refractivity contribution in [1.82, 2.24) is 4.90 Å². The summed E-state index contributed by atoms with van der Waals surface area (Å²) in [4.78, 5) is 7.17. The van der Waals surface area contributed by atoms with Crippen molar-refractivity contribution in [3.8, 4) is 5.75 Å². The fourth-order valence-corrected chi connectivity index (χ4v) is 4.42. The molecule has 0 bridgehead atoms. The van der Waals surface area contributed by atoms with Crippen LogP contribution in [-0.2, 0) is 5.54 Å². The van der Waals surface area contributed by atoms with Crippen LogP contribution in [0.5, 0.6) is 5.75 Å². The van der Waals surface area contributed by atoms with E-state index in [1.54, 1.807) is 11.9 Å². The number of aliphatic hydroxyl groups excluding tert-OH is 1. The first-order valence-electron chi connectivity index (χ1n) is 7.75. The first-order chi connectivity index (χ1) is 10.5. The second kappa shape index (κ2) is 4.55. The number of thiol groups is 1. The van der Waals surface area contributed by atoms with Gasteiger partial charge in [-0.15, -0.1) is 12.6 Å². The van der Waals surface area contributed by atoms with E-state index in [9.17, 15) is 5.11 Å². The second-order valence-corrected chi connectivity index (χ2v) is 7.24. The molecule has 2 heterocycles. The van der Waals surface area contributed by atoms with Crippen LogP contribution in [0.2, 0.25) is 0 Å². The third-order valence-corrected chi connectivity index (χ3v) is 5.61. The molecule has 1 aromatic carbocycles. The van der Waals surface area contributed by atoms with Gasteiger partial charge in [-0.3, -0.25) is 0 Å². The third-order valence-electron chi connectivity index (χ3n) is 5.33. The molecular weight excluding hydrogens is 298 g/mol. The van der Waals surface area contributed by atoms with Crippen LogP contribution in [0.15, 0.2) is 28.1 Å². The first kappa shape index (κ1) is 14.2. The van der Waals surface area contributed by atoms with Gasteiger partial charge in [-0.1, -0.05) is 0 Å². The van der Waals surface area contributed by atoms with E-state index in [0.29, 0.717) is 12.4 Å². The average molecular weight is 319 g/mol. The molecule has 1 aliphatic carbocycles. The van der Waals surface area contributed by atoms with Gasteiger partial charge in [0.05, 0.1) is 0 Å². The summed E-state index contributed by atoms with van der Waals surface area (Å²) in [7, 11) is 1.78. The van der Waals surface area contributed by atoms with Crippen LogP contribution >= 0.6 is 12.6 Å². The van der Waals surface area contributed by atoms with Crippen LogP contribution in [0.4, 0.5) is 0 Å². The lowest BCUT2D eigenvalue weighted by atomic mass is 9.75. The fourth-order valence-electron chi connectivity index (χ4n) is 4.22. The van der Waals surface area contributed by atoms with Crippen LogP contribution in [0, 0.1) is 0 Å². The Balaban J connectivity index is 1.92. The molecule has 1 fully saturated rings. The molecule has 5 nitrogen and oxygen atoms in total. The van der Waals surface area contributed by atoms with Gasteiger partial charge < -0.3 is 20.5 Å². The highest BCUT2D eigenvalue weighted by Crippen LogP contribution is 2.54. The number of benzene rings is 1. The van der Waals surface area contributed by atoms with Crippen LogP contribution in [0.3, 0.4) is 0 Å². The van der Waals surface area contributed by atoms with E-state index in [1.807, 2.05) is 18.2 Å². The Morgan fingerprint density at radius 3 is 2.77 bits per heavy atom. The number of ether oxygens (including phenoxy) is 1. The number of nitrogens with two attached hydrogens (primary N) is 1. The molecule has 0 amide bonds. The maximum atomic E-state index is 10.9. The second-order valence-electron chi connectivity index (χ2n) is 6.73. The zero-order valence-corrected chi connectivity index (χ0v) is 13.5. The Hall–Kier alpha value is -1.40. The summed E-state index contributed by atoms with van der Waals surface area (Å²) in [6.45, 7) is 0. The molecule has 1 saturated carbocycles. The maximum absolute atomic E-state index is 10.9. The molecule has 118 valence electrons. The standard InChI is InChI=1S/C16H21N3O2S/c1-19-13(20)16(18-14(19)17)9-15(6-2-3-7-15)21-12-5-4-10(22)8-11(12)16/h4-5,8,13,20,22H,2-3,6-7,9H2,1H3,(H2,17,18). The van der Waals surface area contributed by atoms with E-state index in [1.165, 1.54) is 0 Å². The number of hydrogen-bond acceptors (Lipinski definition) is 6. The smallest absolute Gasteiger partial charge is 0.194 e. The van der Waals surface area contributed by atoms with Gasteiger partial charge in [-0.2, -0.15) is 0 Å². The molecular formula is C16H21N3O2S. The normalized spacial score (nSPS) is 32.2. The summed E-state index contributed by atoms with van der Waals surface area (Å²) in [6, 6.07) is 5.80. The highest BCUT2D eigenvalue weighted by Gasteiger charge is 2.58. The van der Waals surface area contributed by atoms with E-state index in [4.69, 9.17) is 15.5 Å². The molecule has 2 atom stereocenters. The van der Waals surface area contributed by atoms with E-state index in [2.05, 4.69) is 12.6 Å². The van der Waals surface area contributed by atoms with Gasteiger partial charge >= 0.3 is 0 Å². The first-order valence-corrected chi connectivity index (χ1v) is 8.19. The minimum atomic E-state index is -0.775. The quantitative estimate of drug-likeness (QED) is 0.638. The molecule has 0 radical (unpaired) electrons. The number of hydrogen-bond donors (Lipinski definition) is 3. The van der Waals surface area contributed by atoms with Gasteiger partial charge in [-0.25, -0.2) is 4.99 Å². The summed E-state index contributed by atoms with van der Waals surface area (Å²) in [5.41, 5.74) is 5.91. The van der Waals surface area contributed by atoms with Gasteiger partial charge in [0, 0.05) is 23.9 Å². The summed E-state index contributed by atoms with van der Waals surface area (Å²) in [5.74, 6) is 1.18.